The van der Waals surface area contributed by atoms with Crippen LogP contribution in [0.5, 0.6) is 0 Å². The summed E-state index contributed by atoms with van der Waals surface area (Å²) in [5.74, 6) is 1.25. The van der Waals surface area contributed by atoms with Crippen molar-refractivity contribution in [1.82, 2.24) is 19.9 Å². The maximum absolute atomic E-state index is 6.15. The fourth-order valence-electron chi connectivity index (χ4n) is 3.90. The Labute approximate surface area is 215 Å². The van der Waals surface area contributed by atoms with E-state index in [9.17, 15) is 0 Å². The van der Waals surface area contributed by atoms with E-state index in [4.69, 9.17) is 20.9 Å². The lowest BCUT2D eigenvalue weighted by molar-refractivity contribution is 0.0394. The summed E-state index contributed by atoms with van der Waals surface area (Å²) in [4.78, 5) is 22.3. The number of hydrogen-bond donors (Lipinski definition) is 2. The van der Waals surface area contributed by atoms with Crippen molar-refractivity contribution in [3.63, 3.8) is 0 Å². The largest absolute Gasteiger partial charge is 0.398 e. The first-order valence-corrected chi connectivity index (χ1v) is 13.0. The summed E-state index contributed by atoms with van der Waals surface area (Å²) in [6.45, 7) is 10.7. The highest BCUT2D eigenvalue weighted by atomic mass is 32.1. The summed E-state index contributed by atoms with van der Waals surface area (Å²) in [7, 11) is 0. The van der Waals surface area contributed by atoms with E-state index in [0.29, 0.717) is 30.5 Å². The van der Waals surface area contributed by atoms with Gasteiger partial charge in [0, 0.05) is 51.2 Å². The Morgan fingerprint density at radius 2 is 1.86 bits per heavy atom. The molecule has 2 fully saturated rings. The predicted octanol–water partition coefficient (Wildman–Crippen LogP) is 2.21. The fourth-order valence-corrected chi connectivity index (χ4v) is 4.64. The zero-order valence-corrected chi connectivity index (χ0v) is 21.5. The third-order valence-electron chi connectivity index (χ3n) is 5.82. The number of benzene rings is 1. The molecule has 10 nitrogen and oxygen atoms in total. The number of fused-ring (bicyclic) bond motifs is 1. The van der Waals surface area contributed by atoms with Crippen LogP contribution in [0.4, 0.5) is 11.8 Å². The van der Waals surface area contributed by atoms with Crippen molar-refractivity contribution in [3.05, 3.63) is 47.0 Å². The molecule has 0 atom stereocenters. The lowest BCUT2D eigenvalue weighted by atomic mass is 10.1. The van der Waals surface area contributed by atoms with Crippen LogP contribution >= 0.6 is 11.3 Å². The SMILES string of the molecule is Cc1cccc(/C(N)=C/C=N/c2nc(N3CCOCC3)c3scnc3n2)c1.NCCN1CCOCC1. The number of hydrogen-bond acceptors (Lipinski definition) is 11. The van der Waals surface area contributed by atoms with Gasteiger partial charge < -0.3 is 25.8 Å². The molecule has 0 unspecified atom stereocenters. The van der Waals surface area contributed by atoms with Crippen LogP contribution in [0.2, 0.25) is 0 Å². The molecule has 2 saturated heterocycles. The summed E-state index contributed by atoms with van der Waals surface area (Å²) >= 11 is 1.54. The monoisotopic (exact) mass is 510 g/mol. The minimum absolute atomic E-state index is 0.378. The summed E-state index contributed by atoms with van der Waals surface area (Å²) in [6.07, 6.45) is 3.39. The topological polar surface area (TPSA) is 128 Å². The van der Waals surface area contributed by atoms with Gasteiger partial charge in [-0.3, -0.25) is 4.90 Å². The Balaban J connectivity index is 0.000000286. The van der Waals surface area contributed by atoms with Crippen molar-refractivity contribution in [1.29, 1.82) is 0 Å². The molecule has 0 saturated carbocycles. The molecule has 0 amide bonds. The molecule has 0 radical (unpaired) electrons. The van der Waals surface area contributed by atoms with E-state index in [1.807, 2.05) is 31.2 Å². The van der Waals surface area contributed by atoms with Crippen molar-refractivity contribution in [3.8, 4) is 0 Å². The molecular formula is C25H34N8O2S. The molecule has 3 aromatic rings. The molecule has 2 aromatic heterocycles. The van der Waals surface area contributed by atoms with E-state index in [1.165, 1.54) is 0 Å². The average molecular weight is 511 g/mol. The van der Waals surface area contributed by atoms with E-state index < -0.39 is 0 Å². The van der Waals surface area contributed by atoms with Crippen molar-refractivity contribution in [2.75, 3.05) is 70.6 Å². The number of morpholine rings is 2. The standard InChI is InChI=1S/C19H20N6OS.C6H14N2O/c1-13-3-2-4-14(11-13)15(20)5-6-21-19-23-17-16(27-12-22-17)18(24-19)25-7-9-26-10-8-25;7-1-2-8-3-5-9-6-4-8/h2-6,11-12H,7-10,20H2,1H3;1-7H2/b15-5-,21-6+;. The Bertz CT molecular complexity index is 1170. The molecule has 0 aliphatic carbocycles. The molecule has 2 aliphatic heterocycles. The molecule has 4 N–H and O–H groups in total. The van der Waals surface area contributed by atoms with E-state index in [2.05, 4.69) is 29.7 Å². The summed E-state index contributed by atoms with van der Waals surface area (Å²) in [5, 5.41) is 0. The smallest absolute Gasteiger partial charge is 0.253 e. The number of nitrogens with zero attached hydrogens (tertiary/aromatic N) is 6. The molecule has 11 heteroatoms. The Kier molecular flexibility index (Phi) is 9.70. The van der Waals surface area contributed by atoms with Crippen molar-refractivity contribution < 1.29 is 9.47 Å². The first-order valence-electron chi connectivity index (χ1n) is 12.1. The first-order chi connectivity index (χ1) is 17.6. The van der Waals surface area contributed by atoms with Gasteiger partial charge in [0.05, 0.1) is 31.9 Å². The lowest BCUT2D eigenvalue weighted by Crippen LogP contribution is -2.39. The third-order valence-corrected chi connectivity index (χ3v) is 6.63. The Hall–Kier alpha value is -2.96. The highest BCUT2D eigenvalue weighted by molar-refractivity contribution is 7.17. The lowest BCUT2D eigenvalue weighted by Gasteiger charge is -2.27. The Morgan fingerprint density at radius 1 is 1.11 bits per heavy atom. The molecule has 0 bridgehead atoms. The van der Waals surface area contributed by atoms with Gasteiger partial charge in [-0.15, -0.1) is 11.3 Å². The van der Waals surface area contributed by atoms with E-state index in [1.54, 1.807) is 29.1 Å². The van der Waals surface area contributed by atoms with Gasteiger partial charge in [0.25, 0.3) is 5.95 Å². The minimum Gasteiger partial charge on any atom is -0.398 e. The molecule has 1 aromatic carbocycles. The second kappa shape index (κ2) is 13.4. The number of allylic oxidation sites excluding steroid dienone is 1. The second-order valence-electron chi connectivity index (χ2n) is 8.46. The zero-order chi connectivity index (χ0) is 25.2. The van der Waals surface area contributed by atoms with Crippen LogP contribution in [-0.4, -0.2) is 91.8 Å². The number of aryl methyl sites for hydroxylation is 1. The van der Waals surface area contributed by atoms with Crippen LogP contribution in [0.1, 0.15) is 11.1 Å². The van der Waals surface area contributed by atoms with Gasteiger partial charge in [0.1, 0.15) is 4.70 Å². The molecule has 5 rings (SSSR count). The maximum atomic E-state index is 6.15. The van der Waals surface area contributed by atoms with Crippen LogP contribution in [0.15, 0.2) is 40.8 Å². The number of ether oxygens (including phenoxy) is 2. The van der Waals surface area contributed by atoms with Gasteiger partial charge >= 0.3 is 0 Å². The van der Waals surface area contributed by atoms with Crippen LogP contribution in [0.25, 0.3) is 16.0 Å². The number of aromatic nitrogens is 3. The number of aliphatic imine (C=N–C) groups is 1. The normalized spacial score (nSPS) is 17.4. The summed E-state index contributed by atoms with van der Waals surface area (Å²) in [6, 6.07) is 8.03. The third kappa shape index (κ3) is 7.28. The maximum Gasteiger partial charge on any atom is 0.253 e. The number of rotatable bonds is 6. The molecule has 192 valence electrons. The van der Waals surface area contributed by atoms with E-state index in [0.717, 1.165) is 74.1 Å². The Morgan fingerprint density at radius 3 is 2.58 bits per heavy atom. The summed E-state index contributed by atoms with van der Waals surface area (Å²) < 4.78 is 11.6. The van der Waals surface area contributed by atoms with Gasteiger partial charge in [0.2, 0.25) is 0 Å². The number of thiazole rings is 1. The van der Waals surface area contributed by atoms with Gasteiger partial charge in [-0.1, -0.05) is 23.8 Å². The molecule has 36 heavy (non-hydrogen) atoms. The first kappa shape index (κ1) is 26.1. The van der Waals surface area contributed by atoms with Crippen molar-refractivity contribution in [2.24, 2.45) is 16.5 Å². The quantitative estimate of drug-likeness (QED) is 0.480. The van der Waals surface area contributed by atoms with Crippen molar-refractivity contribution >= 4 is 45.4 Å². The van der Waals surface area contributed by atoms with Crippen LogP contribution in [0.3, 0.4) is 0 Å². The minimum atomic E-state index is 0.378. The molecule has 0 spiro atoms. The molecular weight excluding hydrogens is 476 g/mol. The molecule has 2 aliphatic rings. The van der Waals surface area contributed by atoms with E-state index >= 15 is 0 Å². The summed E-state index contributed by atoms with van der Waals surface area (Å²) in [5.41, 5.74) is 16.7. The average Bonchev–Trinajstić information content (AvgIpc) is 3.39. The molecule has 4 heterocycles. The number of anilines is 1. The highest BCUT2D eigenvalue weighted by Gasteiger charge is 2.18. The highest BCUT2D eigenvalue weighted by Crippen LogP contribution is 2.29. The predicted molar refractivity (Wildman–Crippen MR) is 146 cm³/mol. The number of nitrogens with two attached hydrogens (primary N) is 2. The van der Waals surface area contributed by atoms with Crippen LogP contribution in [0, 0.1) is 6.92 Å². The van der Waals surface area contributed by atoms with Gasteiger partial charge in [-0.25, -0.2) is 9.98 Å². The fraction of sp³-hybridized carbons (Fsp3) is 0.440. The second-order valence-corrected chi connectivity index (χ2v) is 9.32. The van der Waals surface area contributed by atoms with Gasteiger partial charge in [0.15, 0.2) is 11.5 Å². The van der Waals surface area contributed by atoms with Gasteiger partial charge in [-0.2, -0.15) is 9.97 Å². The zero-order valence-electron chi connectivity index (χ0n) is 20.7. The van der Waals surface area contributed by atoms with Crippen molar-refractivity contribution in [2.45, 2.75) is 6.92 Å². The van der Waals surface area contributed by atoms with E-state index in [-0.39, 0.29) is 0 Å². The van der Waals surface area contributed by atoms with Gasteiger partial charge in [-0.05, 0) is 24.6 Å². The van der Waals surface area contributed by atoms with Crippen LogP contribution < -0.4 is 16.4 Å². The van der Waals surface area contributed by atoms with Crippen LogP contribution in [-0.2, 0) is 9.47 Å².